The highest BCUT2D eigenvalue weighted by Crippen LogP contribution is 2.30. The van der Waals surface area contributed by atoms with Gasteiger partial charge in [0.15, 0.2) is 0 Å². The van der Waals surface area contributed by atoms with Crippen molar-refractivity contribution in [3.63, 3.8) is 0 Å². The minimum atomic E-state index is 0.148. The predicted octanol–water partition coefficient (Wildman–Crippen LogP) is 4.00. The van der Waals surface area contributed by atoms with Crippen LogP contribution in [0.3, 0.4) is 0 Å². The summed E-state index contributed by atoms with van der Waals surface area (Å²) < 4.78 is 0. The summed E-state index contributed by atoms with van der Waals surface area (Å²) in [5.41, 5.74) is 1.69. The first kappa shape index (κ1) is 13.1. The van der Waals surface area contributed by atoms with Crippen molar-refractivity contribution >= 4 is 22.5 Å². The molecule has 1 amide bonds. The second-order valence-corrected chi connectivity index (χ2v) is 5.83. The van der Waals surface area contributed by atoms with Crippen molar-refractivity contribution in [1.82, 2.24) is 4.98 Å². The van der Waals surface area contributed by atoms with Gasteiger partial charge in [-0.05, 0) is 43.7 Å². The molecule has 1 N–H and O–H groups in total. The smallest absolute Gasteiger partial charge is 0.227 e. The highest BCUT2D eigenvalue weighted by atomic mass is 16.1. The lowest BCUT2D eigenvalue weighted by Crippen LogP contribution is -2.26. The zero-order valence-corrected chi connectivity index (χ0v) is 11.8. The number of carbonyl (C=O) groups is 1. The number of para-hydroxylation sites is 1. The maximum atomic E-state index is 12.4. The number of aromatic nitrogens is 1. The predicted molar refractivity (Wildman–Crippen MR) is 81.5 cm³/mol. The van der Waals surface area contributed by atoms with Crippen molar-refractivity contribution in [2.75, 3.05) is 5.32 Å². The van der Waals surface area contributed by atoms with Gasteiger partial charge in [0.2, 0.25) is 5.91 Å². The molecule has 3 heteroatoms. The van der Waals surface area contributed by atoms with Crippen LogP contribution in [0.4, 0.5) is 5.69 Å². The number of nitrogens with one attached hydrogen (secondary N) is 1. The number of amides is 1. The third kappa shape index (κ3) is 2.67. The van der Waals surface area contributed by atoms with Crippen molar-refractivity contribution in [1.29, 1.82) is 0 Å². The molecule has 1 heterocycles. The highest BCUT2D eigenvalue weighted by molar-refractivity contribution is 6.01. The number of fused-ring (bicyclic) bond motifs is 1. The molecule has 0 bridgehead atoms. The highest BCUT2D eigenvalue weighted by Gasteiger charge is 2.24. The average molecular weight is 268 g/mol. The lowest BCUT2D eigenvalue weighted by molar-refractivity contribution is -0.121. The first-order valence-corrected chi connectivity index (χ1v) is 7.38. The van der Waals surface area contributed by atoms with Gasteiger partial charge in [-0.3, -0.25) is 9.78 Å². The van der Waals surface area contributed by atoms with E-state index < -0.39 is 0 Å². The molecule has 3 rings (SSSR count). The Morgan fingerprint density at radius 3 is 2.70 bits per heavy atom. The Labute approximate surface area is 119 Å². The zero-order chi connectivity index (χ0) is 13.9. The third-order valence-corrected chi connectivity index (χ3v) is 4.28. The summed E-state index contributed by atoms with van der Waals surface area (Å²) >= 11 is 0. The summed E-state index contributed by atoms with van der Waals surface area (Å²) in [6.45, 7) is 2.27. The molecule has 0 radical (unpaired) electrons. The van der Waals surface area contributed by atoms with Crippen LogP contribution in [0.2, 0.25) is 0 Å². The fourth-order valence-corrected chi connectivity index (χ4v) is 2.96. The molecule has 0 aliphatic heterocycles. The van der Waals surface area contributed by atoms with Gasteiger partial charge in [0.25, 0.3) is 0 Å². The van der Waals surface area contributed by atoms with E-state index in [9.17, 15) is 4.79 Å². The molecule has 1 aliphatic rings. The van der Waals surface area contributed by atoms with Gasteiger partial charge in [-0.15, -0.1) is 0 Å². The van der Waals surface area contributed by atoms with E-state index in [1.807, 2.05) is 30.3 Å². The topological polar surface area (TPSA) is 42.0 Å². The monoisotopic (exact) mass is 268 g/mol. The third-order valence-electron chi connectivity index (χ3n) is 4.28. The number of anilines is 1. The molecule has 1 saturated carbocycles. The average Bonchev–Trinajstić information content (AvgIpc) is 2.48. The van der Waals surface area contributed by atoms with Gasteiger partial charge in [0.1, 0.15) is 0 Å². The van der Waals surface area contributed by atoms with E-state index in [4.69, 9.17) is 0 Å². The van der Waals surface area contributed by atoms with Gasteiger partial charge in [0.05, 0.1) is 11.2 Å². The number of pyridine rings is 1. The fraction of sp³-hybridized carbons (Fsp3) is 0.412. The SMILES string of the molecule is C[C@H]1CC[C@@H](C(=O)Nc2cccc3cccnc23)CC1. The molecular formula is C17H20N2O. The quantitative estimate of drug-likeness (QED) is 0.894. The fourth-order valence-electron chi connectivity index (χ4n) is 2.96. The van der Waals surface area contributed by atoms with Crippen LogP contribution in [-0.2, 0) is 4.79 Å². The van der Waals surface area contributed by atoms with Gasteiger partial charge >= 0.3 is 0 Å². The van der Waals surface area contributed by atoms with Crippen LogP contribution in [0, 0.1) is 11.8 Å². The molecule has 2 aromatic rings. The Balaban J connectivity index is 1.77. The first-order valence-electron chi connectivity index (χ1n) is 7.38. The number of benzene rings is 1. The van der Waals surface area contributed by atoms with Crippen LogP contribution < -0.4 is 5.32 Å². The number of nitrogens with zero attached hydrogens (tertiary/aromatic N) is 1. The van der Waals surface area contributed by atoms with Crippen LogP contribution in [0.25, 0.3) is 10.9 Å². The molecule has 20 heavy (non-hydrogen) atoms. The van der Waals surface area contributed by atoms with Crippen molar-refractivity contribution in [3.8, 4) is 0 Å². The summed E-state index contributed by atoms with van der Waals surface area (Å²) in [5.74, 6) is 1.07. The second-order valence-electron chi connectivity index (χ2n) is 5.83. The number of carbonyl (C=O) groups excluding carboxylic acids is 1. The molecule has 1 fully saturated rings. The lowest BCUT2D eigenvalue weighted by atomic mass is 9.82. The molecule has 0 spiro atoms. The molecular weight excluding hydrogens is 248 g/mol. The molecule has 1 aliphatic carbocycles. The molecule has 0 saturated heterocycles. The number of hydrogen-bond acceptors (Lipinski definition) is 2. The lowest BCUT2D eigenvalue weighted by Gasteiger charge is -2.25. The van der Waals surface area contributed by atoms with Gasteiger partial charge in [-0.25, -0.2) is 0 Å². The Hall–Kier alpha value is -1.90. The Morgan fingerprint density at radius 2 is 1.90 bits per heavy atom. The standard InChI is InChI=1S/C17H20N2O/c1-12-7-9-14(10-8-12)17(20)19-15-6-2-4-13-5-3-11-18-16(13)15/h2-6,11-12,14H,7-10H2,1H3,(H,19,20)/t12-,14+. The first-order chi connectivity index (χ1) is 9.74. The summed E-state index contributed by atoms with van der Waals surface area (Å²) in [7, 11) is 0. The summed E-state index contributed by atoms with van der Waals surface area (Å²) in [4.78, 5) is 16.8. The van der Waals surface area contributed by atoms with Crippen LogP contribution in [-0.4, -0.2) is 10.9 Å². The van der Waals surface area contributed by atoms with Crippen LogP contribution in [0.1, 0.15) is 32.6 Å². The van der Waals surface area contributed by atoms with E-state index in [0.717, 1.165) is 48.2 Å². The molecule has 1 aromatic carbocycles. The Bertz CT molecular complexity index is 610. The molecule has 1 aromatic heterocycles. The maximum Gasteiger partial charge on any atom is 0.227 e. The van der Waals surface area contributed by atoms with E-state index in [1.165, 1.54) is 0 Å². The van der Waals surface area contributed by atoms with Crippen molar-refractivity contribution < 1.29 is 4.79 Å². The molecule has 3 nitrogen and oxygen atoms in total. The summed E-state index contributed by atoms with van der Waals surface area (Å²) in [5, 5.41) is 4.13. The van der Waals surface area contributed by atoms with Gasteiger partial charge in [-0.1, -0.05) is 25.1 Å². The number of hydrogen-bond donors (Lipinski definition) is 1. The van der Waals surface area contributed by atoms with Crippen LogP contribution >= 0.6 is 0 Å². The largest absolute Gasteiger partial charge is 0.324 e. The molecule has 0 atom stereocenters. The second kappa shape index (κ2) is 5.61. The molecule has 0 unspecified atom stereocenters. The normalized spacial score (nSPS) is 22.6. The van der Waals surface area contributed by atoms with Crippen molar-refractivity contribution in [2.24, 2.45) is 11.8 Å². The Morgan fingerprint density at radius 1 is 1.15 bits per heavy atom. The zero-order valence-electron chi connectivity index (χ0n) is 11.8. The van der Waals surface area contributed by atoms with Gasteiger partial charge in [-0.2, -0.15) is 0 Å². The van der Waals surface area contributed by atoms with E-state index in [0.29, 0.717) is 0 Å². The summed E-state index contributed by atoms with van der Waals surface area (Å²) in [6, 6.07) is 9.83. The van der Waals surface area contributed by atoms with E-state index in [1.54, 1.807) is 6.20 Å². The van der Waals surface area contributed by atoms with E-state index in [2.05, 4.69) is 17.2 Å². The minimum Gasteiger partial charge on any atom is -0.324 e. The van der Waals surface area contributed by atoms with Crippen LogP contribution in [0.5, 0.6) is 0 Å². The van der Waals surface area contributed by atoms with Gasteiger partial charge in [0, 0.05) is 17.5 Å². The van der Waals surface area contributed by atoms with E-state index in [-0.39, 0.29) is 11.8 Å². The van der Waals surface area contributed by atoms with Gasteiger partial charge < -0.3 is 5.32 Å². The summed E-state index contributed by atoms with van der Waals surface area (Å²) in [6.07, 6.45) is 6.09. The van der Waals surface area contributed by atoms with E-state index >= 15 is 0 Å². The van der Waals surface area contributed by atoms with Crippen molar-refractivity contribution in [2.45, 2.75) is 32.6 Å². The van der Waals surface area contributed by atoms with Crippen molar-refractivity contribution in [3.05, 3.63) is 36.5 Å². The molecule has 104 valence electrons. The van der Waals surface area contributed by atoms with Crippen LogP contribution in [0.15, 0.2) is 36.5 Å². The minimum absolute atomic E-state index is 0.148. The maximum absolute atomic E-state index is 12.4. The number of rotatable bonds is 2. The Kier molecular flexibility index (Phi) is 3.68.